The van der Waals surface area contributed by atoms with E-state index in [9.17, 15) is 27.2 Å². The molecule has 5 atom stereocenters. The van der Waals surface area contributed by atoms with Crippen molar-refractivity contribution in [3.8, 4) is 23.0 Å². The lowest BCUT2D eigenvalue weighted by Gasteiger charge is -2.42. The molecule has 2 aromatic heterocycles. The number of halogens is 7. The van der Waals surface area contributed by atoms with Gasteiger partial charge in [-0.15, -0.1) is 0 Å². The van der Waals surface area contributed by atoms with Gasteiger partial charge in [-0.1, -0.05) is 6.07 Å². The molecular formula is C43H46F7N7O6. The molecule has 4 fully saturated rings. The van der Waals surface area contributed by atoms with Crippen LogP contribution in [0.15, 0.2) is 30.5 Å². The molecule has 6 aliphatic rings. The van der Waals surface area contributed by atoms with E-state index >= 15 is 13.2 Å². The zero-order valence-corrected chi connectivity index (χ0v) is 34.6. The summed E-state index contributed by atoms with van der Waals surface area (Å²) in [7, 11) is 1.15. The number of aromatic nitrogens is 3. The molecule has 13 nitrogen and oxygen atoms in total. The summed E-state index contributed by atoms with van der Waals surface area (Å²) in [6, 6.07) is 4.92. The highest BCUT2D eigenvalue weighted by atomic mass is 19.4. The van der Waals surface area contributed by atoms with E-state index in [1.165, 1.54) is 30.5 Å². The Morgan fingerprint density at radius 2 is 1.83 bits per heavy atom. The molecule has 0 spiro atoms. The van der Waals surface area contributed by atoms with Crippen molar-refractivity contribution in [2.24, 2.45) is 5.41 Å². The first-order chi connectivity index (χ1) is 30.0. The second-order valence-corrected chi connectivity index (χ2v) is 17.8. The van der Waals surface area contributed by atoms with Gasteiger partial charge in [0, 0.05) is 57.9 Å². The zero-order chi connectivity index (χ0) is 44.5. The van der Waals surface area contributed by atoms with Crippen molar-refractivity contribution >= 4 is 39.7 Å². The van der Waals surface area contributed by atoms with Crippen LogP contribution in [0.5, 0.6) is 11.8 Å². The molecule has 6 bridgehead atoms. The minimum Gasteiger partial charge on any atom is -0.461 e. The number of pyridine rings is 1. The highest BCUT2D eigenvalue weighted by molar-refractivity contribution is 6.02. The third-order valence-corrected chi connectivity index (χ3v) is 13.2. The normalized spacial score (nSPS) is 27.8. The lowest BCUT2D eigenvalue weighted by Crippen LogP contribution is -2.60. The predicted molar refractivity (Wildman–Crippen MR) is 214 cm³/mol. The fourth-order valence-corrected chi connectivity index (χ4v) is 10.3. The number of alkyl halides is 5. The van der Waals surface area contributed by atoms with Crippen molar-refractivity contribution < 1.29 is 59.3 Å². The summed E-state index contributed by atoms with van der Waals surface area (Å²) in [5, 5.41) is 3.26. The molecule has 20 heteroatoms. The van der Waals surface area contributed by atoms with Crippen molar-refractivity contribution in [2.75, 3.05) is 71.1 Å². The van der Waals surface area contributed by atoms with Crippen LogP contribution in [0.3, 0.4) is 0 Å². The molecule has 338 valence electrons. The number of methoxy groups -OCH3 is 1. The maximum absolute atomic E-state index is 17.6. The molecule has 0 aliphatic carbocycles. The van der Waals surface area contributed by atoms with Gasteiger partial charge in [-0.3, -0.25) is 9.88 Å². The molecule has 0 saturated carbocycles. The number of ether oxygens (including phenoxy) is 4. The second kappa shape index (κ2) is 16.1. The summed E-state index contributed by atoms with van der Waals surface area (Å²) in [5.41, 5.74) is -4.75. The number of fused-ring (bicyclic) bond motifs is 7. The average molecular weight is 890 g/mol. The topological polar surface area (TPSA) is 131 Å². The maximum atomic E-state index is 17.6. The van der Waals surface area contributed by atoms with Gasteiger partial charge in [0.05, 0.1) is 36.2 Å². The minimum atomic E-state index is -4.68. The highest BCUT2D eigenvalue weighted by Gasteiger charge is 2.59. The molecule has 0 radical (unpaired) electrons. The number of nitrogens with zero attached hydrogens (tertiary/aromatic N) is 6. The molecule has 4 aromatic rings. The van der Waals surface area contributed by atoms with E-state index in [1.54, 1.807) is 11.8 Å². The summed E-state index contributed by atoms with van der Waals surface area (Å²) < 4.78 is 129. The van der Waals surface area contributed by atoms with E-state index in [1.807, 2.05) is 4.90 Å². The molecule has 1 unspecified atom stereocenters. The number of hydrogen-bond donors (Lipinski definition) is 1. The summed E-state index contributed by atoms with van der Waals surface area (Å²) in [6.45, 7) is 0.540. The lowest BCUT2D eigenvalue weighted by atomic mass is 9.87. The largest absolute Gasteiger partial charge is 0.461 e. The molecular weight excluding hydrogens is 844 g/mol. The highest BCUT2D eigenvalue weighted by Crippen LogP contribution is 2.47. The van der Waals surface area contributed by atoms with Crippen molar-refractivity contribution in [1.82, 2.24) is 30.1 Å². The van der Waals surface area contributed by atoms with Crippen LogP contribution < -0.4 is 19.7 Å². The first kappa shape index (κ1) is 43.0. The Kier molecular flexibility index (Phi) is 11.0. The van der Waals surface area contributed by atoms with Gasteiger partial charge in [0.25, 0.3) is 0 Å². The number of carbonyl (C=O) groups excluding carboxylic acids is 2. The van der Waals surface area contributed by atoms with E-state index in [-0.39, 0.29) is 121 Å². The molecule has 8 heterocycles. The van der Waals surface area contributed by atoms with Crippen LogP contribution in [0, 0.1) is 17.0 Å². The fourth-order valence-electron chi connectivity index (χ4n) is 10.3. The summed E-state index contributed by atoms with van der Waals surface area (Å²) in [6.07, 6.45) is -6.56. The van der Waals surface area contributed by atoms with E-state index in [0.29, 0.717) is 13.0 Å². The van der Waals surface area contributed by atoms with E-state index < -0.39 is 78.4 Å². The number of carbonyl (C=O) groups is 2. The number of rotatable bonds is 6. The Labute approximate surface area is 357 Å². The van der Waals surface area contributed by atoms with Crippen molar-refractivity contribution in [3.63, 3.8) is 0 Å². The first-order valence-corrected chi connectivity index (χ1v) is 21.0. The number of benzene rings is 2. The Morgan fingerprint density at radius 3 is 2.62 bits per heavy atom. The predicted octanol–water partition coefficient (Wildman–Crippen LogP) is 7.46. The Bertz CT molecular complexity index is 2470. The SMILES string of the molecule is COCC1(C(F)(F)F)CCN(C(=O)Oc2cc3c4c(c(F)ccc4c2)CCCOC(=O)N[C@]2(C)C[C@@H](F)CN(C2)c2nc(OC[C@@]45CCCN4C[C@H](F)C5)nc4c(F)c-3ncc24)C1. The van der Waals surface area contributed by atoms with Gasteiger partial charge < -0.3 is 34.1 Å². The Hall–Kier alpha value is -5.24. The molecule has 2 amide bonds. The van der Waals surface area contributed by atoms with Gasteiger partial charge in [-0.25, -0.2) is 27.2 Å². The quantitative estimate of drug-likeness (QED) is 0.194. The number of piperidine rings is 1. The van der Waals surface area contributed by atoms with Crippen LogP contribution in [-0.4, -0.2) is 133 Å². The molecule has 10 rings (SSSR count). The van der Waals surface area contributed by atoms with Gasteiger partial charge in [0.1, 0.15) is 53.0 Å². The lowest BCUT2D eigenvalue weighted by molar-refractivity contribution is -0.232. The number of anilines is 1. The Balaban J connectivity index is 1.18. The van der Waals surface area contributed by atoms with Crippen LogP contribution in [0.2, 0.25) is 0 Å². The Morgan fingerprint density at radius 1 is 1.02 bits per heavy atom. The van der Waals surface area contributed by atoms with Crippen LogP contribution in [0.4, 0.5) is 46.1 Å². The van der Waals surface area contributed by atoms with Crippen molar-refractivity contribution in [1.29, 1.82) is 0 Å². The zero-order valence-electron chi connectivity index (χ0n) is 34.6. The molecule has 63 heavy (non-hydrogen) atoms. The van der Waals surface area contributed by atoms with E-state index in [4.69, 9.17) is 18.9 Å². The monoisotopic (exact) mass is 889 g/mol. The number of aryl methyl sites for hydroxylation is 1. The van der Waals surface area contributed by atoms with Crippen LogP contribution >= 0.6 is 0 Å². The number of nitrogens with one attached hydrogen (secondary N) is 1. The third-order valence-electron chi connectivity index (χ3n) is 13.2. The van der Waals surface area contributed by atoms with Crippen LogP contribution in [0.25, 0.3) is 32.9 Å². The summed E-state index contributed by atoms with van der Waals surface area (Å²) in [4.78, 5) is 44.9. The molecule has 4 saturated heterocycles. The number of hydrogen-bond acceptors (Lipinski definition) is 11. The van der Waals surface area contributed by atoms with Crippen molar-refractivity contribution in [3.05, 3.63) is 47.7 Å². The van der Waals surface area contributed by atoms with E-state index in [0.717, 1.165) is 18.4 Å². The van der Waals surface area contributed by atoms with Gasteiger partial charge in [0.15, 0.2) is 5.82 Å². The third kappa shape index (κ3) is 7.90. The summed E-state index contributed by atoms with van der Waals surface area (Å²) in [5.74, 6) is -1.84. The molecule has 1 N–H and O–H groups in total. The standard InChI is InChI=1S/C43H46F7N7O6/c1-40-15-25(44)18-56(20-40)36-30-17-51-34(33(47)35(30)52-37(53-36)62-23-42-8-4-10-57(42)19-26(45)16-42)29-14-27(63-39(59)55-11-9-41(21-55,22-60-2)43(48,49)50)13-24-6-7-31(46)28(32(24)29)5-3-12-61-38(58)54-40/h6-7,13-14,17,25-26H,3-5,8-12,15-16,18-23H2,1-2H3,(H,54,58)/t25-,26-,40-,41?,42+/m1/s1. The van der Waals surface area contributed by atoms with Gasteiger partial charge in [0.2, 0.25) is 0 Å². The van der Waals surface area contributed by atoms with Gasteiger partial charge in [-0.05, 0) is 80.1 Å². The van der Waals surface area contributed by atoms with Crippen molar-refractivity contribution in [2.45, 2.75) is 81.5 Å². The first-order valence-electron chi connectivity index (χ1n) is 21.0. The number of alkyl carbamates (subject to hydrolysis) is 1. The van der Waals surface area contributed by atoms with Gasteiger partial charge >= 0.3 is 24.4 Å². The van der Waals surface area contributed by atoms with Crippen LogP contribution in [0.1, 0.15) is 51.0 Å². The molecule has 6 aliphatic heterocycles. The summed E-state index contributed by atoms with van der Waals surface area (Å²) >= 11 is 0. The maximum Gasteiger partial charge on any atom is 0.415 e. The molecule has 2 aromatic carbocycles. The smallest absolute Gasteiger partial charge is 0.415 e. The fraction of sp³-hybridized carbons (Fsp3) is 0.558. The van der Waals surface area contributed by atoms with Gasteiger partial charge in [-0.2, -0.15) is 23.1 Å². The minimum absolute atomic E-state index is 0.00988. The number of amides is 2. The van der Waals surface area contributed by atoms with Crippen LogP contribution in [-0.2, 0) is 15.9 Å². The number of likely N-dealkylation sites (tertiary alicyclic amines) is 1. The van der Waals surface area contributed by atoms with E-state index in [2.05, 4.69) is 20.3 Å². The second-order valence-electron chi connectivity index (χ2n) is 17.8. The average Bonchev–Trinajstić information content (AvgIpc) is 3.91.